The lowest BCUT2D eigenvalue weighted by Gasteiger charge is -2.10. The molecule has 0 aromatic carbocycles. The van der Waals surface area contributed by atoms with Gasteiger partial charge >= 0.3 is 0 Å². The molecule has 0 aliphatic carbocycles. The smallest absolute Gasteiger partial charge is 0.123 e. The fraction of sp³-hybridized carbons (Fsp3) is 0.667. The quantitative estimate of drug-likeness (QED) is 0.513. The van der Waals surface area contributed by atoms with E-state index in [1.165, 1.54) is 6.26 Å². The van der Waals surface area contributed by atoms with Crippen LogP contribution in [-0.2, 0) is 4.74 Å². The van der Waals surface area contributed by atoms with Crippen LogP contribution in [0.5, 0.6) is 0 Å². The second kappa shape index (κ2) is 5.59. The van der Waals surface area contributed by atoms with E-state index in [4.69, 9.17) is 14.9 Å². The molecule has 0 amide bonds. The minimum Gasteiger partial charge on any atom is -0.496 e. The predicted molar refractivity (Wildman–Crippen MR) is 33.9 cm³/mol. The van der Waals surface area contributed by atoms with Crippen molar-refractivity contribution in [1.82, 2.24) is 0 Å². The Kier molecular flexibility index (Phi) is 5.26. The average molecular weight is 132 g/mol. The fourth-order valence-corrected chi connectivity index (χ4v) is 0.482. The van der Waals surface area contributed by atoms with Crippen LogP contribution in [-0.4, -0.2) is 29.5 Å². The van der Waals surface area contributed by atoms with Crippen LogP contribution in [0.4, 0.5) is 0 Å². The highest BCUT2D eigenvalue weighted by Crippen LogP contribution is 1.95. The molecule has 0 spiro atoms. The molecule has 1 unspecified atom stereocenters. The second-order valence-electron chi connectivity index (χ2n) is 1.62. The van der Waals surface area contributed by atoms with Gasteiger partial charge < -0.3 is 14.9 Å². The Bertz CT molecular complexity index is 72.7. The van der Waals surface area contributed by atoms with E-state index in [0.717, 1.165) is 0 Å². The Morgan fingerprint density at radius 2 is 2.22 bits per heavy atom. The molecule has 0 heterocycles. The molecule has 3 heteroatoms. The van der Waals surface area contributed by atoms with Crippen LogP contribution in [0.1, 0.15) is 6.42 Å². The first-order valence-electron chi connectivity index (χ1n) is 2.83. The topological polar surface area (TPSA) is 49.7 Å². The summed E-state index contributed by atoms with van der Waals surface area (Å²) >= 11 is 0. The van der Waals surface area contributed by atoms with Crippen LogP contribution in [0.15, 0.2) is 12.8 Å². The molecule has 9 heavy (non-hydrogen) atoms. The highest BCUT2D eigenvalue weighted by Gasteiger charge is 2.03. The molecule has 2 N–H and O–H groups in total. The van der Waals surface area contributed by atoms with Gasteiger partial charge in [-0.3, -0.25) is 0 Å². The van der Waals surface area contributed by atoms with E-state index in [-0.39, 0.29) is 19.3 Å². The molecule has 0 saturated carbocycles. The summed E-state index contributed by atoms with van der Waals surface area (Å²) in [6.07, 6.45) is 1.41. The summed E-state index contributed by atoms with van der Waals surface area (Å²) in [5, 5.41) is 16.9. The predicted octanol–water partition coefficient (Wildman–Crippen LogP) is -0.110. The van der Waals surface area contributed by atoms with Gasteiger partial charge in [0.25, 0.3) is 0 Å². The summed E-state index contributed by atoms with van der Waals surface area (Å²) in [7, 11) is 0. The van der Waals surface area contributed by atoms with Crippen molar-refractivity contribution < 1.29 is 14.9 Å². The standard InChI is InChI=1S/C6H12O3/c1-2-9-6(5-8)3-4-7/h2,6-8H,1,3-5H2. The molecule has 54 valence electrons. The average Bonchev–Trinajstić information content (AvgIpc) is 1.88. The van der Waals surface area contributed by atoms with Gasteiger partial charge in [0, 0.05) is 13.0 Å². The number of hydrogen-bond donors (Lipinski definition) is 2. The lowest BCUT2D eigenvalue weighted by molar-refractivity contribution is 0.0576. The minimum absolute atomic E-state index is 0.0269. The van der Waals surface area contributed by atoms with Crippen LogP contribution < -0.4 is 0 Å². The minimum atomic E-state index is -0.299. The van der Waals surface area contributed by atoms with Gasteiger partial charge in [0.1, 0.15) is 6.10 Å². The Morgan fingerprint density at radius 3 is 2.56 bits per heavy atom. The molecule has 0 aromatic heterocycles. The zero-order valence-electron chi connectivity index (χ0n) is 5.29. The SMILES string of the molecule is C=COC(CO)CCO. The van der Waals surface area contributed by atoms with Gasteiger partial charge in [0.15, 0.2) is 0 Å². The molecule has 3 nitrogen and oxygen atoms in total. The first kappa shape index (κ1) is 8.46. The highest BCUT2D eigenvalue weighted by molar-refractivity contribution is 4.59. The van der Waals surface area contributed by atoms with Crippen molar-refractivity contribution in [2.45, 2.75) is 12.5 Å². The molecule has 0 fully saturated rings. The van der Waals surface area contributed by atoms with Crippen LogP contribution >= 0.6 is 0 Å². The van der Waals surface area contributed by atoms with Crippen LogP contribution in [0.2, 0.25) is 0 Å². The van der Waals surface area contributed by atoms with E-state index in [2.05, 4.69) is 6.58 Å². The summed E-state index contributed by atoms with van der Waals surface area (Å²) in [5.74, 6) is 0. The maximum absolute atomic E-state index is 8.50. The van der Waals surface area contributed by atoms with Crippen LogP contribution in [0.3, 0.4) is 0 Å². The van der Waals surface area contributed by atoms with E-state index in [9.17, 15) is 0 Å². The summed E-state index contributed by atoms with van der Waals surface area (Å²) in [4.78, 5) is 0. The maximum Gasteiger partial charge on any atom is 0.123 e. The molecule has 1 atom stereocenters. The lowest BCUT2D eigenvalue weighted by Crippen LogP contribution is -2.16. The van der Waals surface area contributed by atoms with Crippen molar-refractivity contribution in [1.29, 1.82) is 0 Å². The Labute approximate surface area is 54.6 Å². The van der Waals surface area contributed by atoms with Crippen molar-refractivity contribution in [3.05, 3.63) is 12.8 Å². The molecule has 0 bridgehead atoms. The van der Waals surface area contributed by atoms with Gasteiger partial charge in [0.2, 0.25) is 0 Å². The van der Waals surface area contributed by atoms with Crippen molar-refractivity contribution >= 4 is 0 Å². The summed E-state index contributed by atoms with van der Waals surface area (Å²) in [5.41, 5.74) is 0. The van der Waals surface area contributed by atoms with Gasteiger partial charge in [-0.2, -0.15) is 0 Å². The van der Waals surface area contributed by atoms with E-state index in [1.54, 1.807) is 0 Å². The summed E-state index contributed by atoms with van der Waals surface area (Å²) in [6, 6.07) is 0. The molecule has 0 aromatic rings. The monoisotopic (exact) mass is 132 g/mol. The Balaban J connectivity index is 3.28. The Hall–Kier alpha value is -0.540. The lowest BCUT2D eigenvalue weighted by atomic mass is 10.3. The first-order chi connectivity index (χ1) is 4.35. The van der Waals surface area contributed by atoms with E-state index < -0.39 is 0 Å². The Morgan fingerprint density at radius 1 is 1.56 bits per heavy atom. The van der Waals surface area contributed by atoms with E-state index in [0.29, 0.717) is 6.42 Å². The van der Waals surface area contributed by atoms with Crippen molar-refractivity contribution in [2.24, 2.45) is 0 Å². The van der Waals surface area contributed by atoms with Crippen LogP contribution in [0, 0.1) is 0 Å². The van der Waals surface area contributed by atoms with Gasteiger partial charge in [-0.15, -0.1) is 0 Å². The summed E-state index contributed by atoms with van der Waals surface area (Å²) in [6.45, 7) is 3.27. The maximum atomic E-state index is 8.50. The molecule has 0 aliphatic heterocycles. The van der Waals surface area contributed by atoms with Crippen molar-refractivity contribution in [3.8, 4) is 0 Å². The highest BCUT2D eigenvalue weighted by atomic mass is 16.5. The van der Waals surface area contributed by atoms with E-state index >= 15 is 0 Å². The third kappa shape index (κ3) is 4.00. The fourth-order valence-electron chi connectivity index (χ4n) is 0.482. The second-order valence-corrected chi connectivity index (χ2v) is 1.62. The number of aliphatic hydroxyl groups is 2. The van der Waals surface area contributed by atoms with E-state index in [1.807, 2.05) is 0 Å². The molecule has 0 radical (unpaired) electrons. The number of ether oxygens (including phenoxy) is 1. The van der Waals surface area contributed by atoms with Gasteiger partial charge in [-0.25, -0.2) is 0 Å². The van der Waals surface area contributed by atoms with Gasteiger partial charge in [-0.1, -0.05) is 6.58 Å². The largest absolute Gasteiger partial charge is 0.496 e. The summed E-state index contributed by atoms with van der Waals surface area (Å²) < 4.78 is 4.79. The normalized spacial score (nSPS) is 12.7. The molecule has 0 saturated heterocycles. The number of aliphatic hydroxyl groups excluding tert-OH is 2. The number of hydrogen-bond acceptors (Lipinski definition) is 3. The van der Waals surface area contributed by atoms with Gasteiger partial charge in [0.05, 0.1) is 12.9 Å². The van der Waals surface area contributed by atoms with Crippen molar-refractivity contribution in [2.75, 3.05) is 13.2 Å². The zero-order valence-corrected chi connectivity index (χ0v) is 5.29. The third-order valence-electron chi connectivity index (χ3n) is 0.943. The van der Waals surface area contributed by atoms with Crippen LogP contribution in [0.25, 0.3) is 0 Å². The van der Waals surface area contributed by atoms with Crippen molar-refractivity contribution in [3.63, 3.8) is 0 Å². The molecule has 0 aliphatic rings. The molecular weight excluding hydrogens is 120 g/mol. The molecular formula is C6H12O3. The zero-order chi connectivity index (χ0) is 7.11. The first-order valence-corrected chi connectivity index (χ1v) is 2.83. The number of rotatable bonds is 5. The van der Waals surface area contributed by atoms with Gasteiger partial charge in [-0.05, 0) is 0 Å². The third-order valence-corrected chi connectivity index (χ3v) is 0.943. The molecule has 0 rings (SSSR count).